The van der Waals surface area contributed by atoms with Gasteiger partial charge < -0.3 is 0 Å². The molecule has 0 spiro atoms. The fraction of sp³-hybridized carbons (Fsp3) is 0.600. The van der Waals surface area contributed by atoms with Gasteiger partial charge in [-0.05, 0) is 19.4 Å². The summed E-state index contributed by atoms with van der Waals surface area (Å²) in [5.41, 5.74) is -0.345. The minimum atomic E-state index is -4.81. The molecule has 0 aliphatic heterocycles. The van der Waals surface area contributed by atoms with Gasteiger partial charge in [-0.3, -0.25) is 0 Å². The van der Waals surface area contributed by atoms with Crippen LogP contribution in [-0.2, 0) is 0 Å². The molecule has 0 heterocycles. The van der Waals surface area contributed by atoms with E-state index in [9.17, 15) is 17.6 Å². The molecule has 0 saturated carbocycles. The standard InChI is InChI=1S/C5H6F4/c1-3(2)4(6)5(7,8)9/h1-2H3. The van der Waals surface area contributed by atoms with Crippen LogP contribution in [0.3, 0.4) is 0 Å². The number of alkyl halides is 3. The van der Waals surface area contributed by atoms with Crippen molar-refractivity contribution in [1.82, 2.24) is 0 Å². The van der Waals surface area contributed by atoms with E-state index in [0.717, 1.165) is 13.8 Å². The van der Waals surface area contributed by atoms with E-state index >= 15 is 0 Å². The lowest BCUT2D eigenvalue weighted by atomic mass is 10.3. The Labute approximate surface area is 50.2 Å². The van der Waals surface area contributed by atoms with E-state index in [0.29, 0.717) is 0 Å². The Hall–Kier alpha value is -0.540. The van der Waals surface area contributed by atoms with Crippen molar-refractivity contribution in [2.75, 3.05) is 0 Å². The Morgan fingerprint density at radius 2 is 1.44 bits per heavy atom. The molecule has 0 unspecified atom stereocenters. The van der Waals surface area contributed by atoms with E-state index in [2.05, 4.69) is 0 Å². The van der Waals surface area contributed by atoms with E-state index < -0.39 is 12.0 Å². The highest BCUT2D eigenvalue weighted by molar-refractivity contribution is 5.06. The molecule has 0 rings (SSSR count). The lowest BCUT2D eigenvalue weighted by Crippen LogP contribution is -2.08. The van der Waals surface area contributed by atoms with Gasteiger partial charge in [0.2, 0.25) is 5.83 Å². The smallest absolute Gasteiger partial charge is 0.202 e. The van der Waals surface area contributed by atoms with Crippen LogP contribution in [0.25, 0.3) is 0 Å². The molecule has 54 valence electrons. The molecule has 0 N–H and O–H groups in total. The fourth-order valence-corrected chi connectivity index (χ4v) is 0.283. The average molecular weight is 142 g/mol. The maximum absolute atomic E-state index is 11.8. The maximum atomic E-state index is 11.8. The van der Waals surface area contributed by atoms with Gasteiger partial charge >= 0.3 is 6.18 Å². The topological polar surface area (TPSA) is 0 Å². The second-order valence-corrected chi connectivity index (χ2v) is 1.81. The average Bonchev–Trinajstić information content (AvgIpc) is 1.62. The predicted molar refractivity (Wildman–Crippen MR) is 25.5 cm³/mol. The molecule has 0 atom stereocenters. The third-order valence-electron chi connectivity index (χ3n) is 0.688. The predicted octanol–water partition coefficient (Wildman–Crippen LogP) is 2.81. The molecular weight excluding hydrogens is 136 g/mol. The molecule has 0 radical (unpaired) electrons. The maximum Gasteiger partial charge on any atom is 0.442 e. The van der Waals surface area contributed by atoms with Crippen LogP contribution in [0, 0.1) is 0 Å². The third-order valence-corrected chi connectivity index (χ3v) is 0.688. The molecule has 0 bridgehead atoms. The van der Waals surface area contributed by atoms with E-state index in [1.807, 2.05) is 0 Å². The quantitative estimate of drug-likeness (QED) is 0.456. The summed E-state index contributed by atoms with van der Waals surface area (Å²) in [6, 6.07) is 0. The molecule has 0 fully saturated rings. The fourth-order valence-electron chi connectivity index (χ4n) is 0.283. The Kier molecular flexibility index (Phi) is 2.23. The van der Waals surface area contributed by atoms with Crippen LogP contribution in [0.2, 0.25) is 0 Å². The summed E-state index contributed by atoms with van der Waals surface area (Å²) in [4.78, 5) is 0. The van der Waals surface area contributed by atoms with E-state index in [4.69, 9.17) is 0 Å². The van der Waals surface area contributed by atoms with Crippen molar-refractivity contribution in [3.63, 3.8) is 0 Å². The summed E-state index contributed by atoms with van der Waals surface area (Å²) in [6.45, 7) is 2.14. The first-order valence-corrected chi connectivity index (χ1v) is 2.26. The van der Waals surface area contributed by atoms with Crippen molar-refractivity contribution in [1.29, 1.82) is 0 Å². The Balaban J connectivity index is 4.40. The minimum absolute atomic E-state index is 0.345. The van der Waals surface area contributed by atoms with Crippen LogP contribution >= 0.6 is 0 Å². The van der Waals surface area contributed by atoms with Gasteiger partial charge in [0.25, 0.3) is 0 Å². The molecule has 0 aromatic carbocycles. The highest BCUT2D eigenvalue weighted by atomic mass is 19.4. The molecule has 0 aliphatic rings. The second kappa shape index (κ2) is 2.37. The normalized spacial score (nSPS) is 11.3. The van der Waals surface area contributed by atoms with E-state index in [1.54, 1.807) is 0 Å². The van der Waals surface area contributed by atoms with Gasteiger partial charge in [-0.1, -0.05) is 0 Å². The molecule has 0 aromatic rings. The first kappa shape index (κ1) is 8.46. The van der Waals surface area contributed by atoms with Gasteiger partial charge in [0.1, 0.15) is 0 Å². The molecule has 0 nitrogen and oxygen atoms in total. The van der Waals surface area contributed by atoms with Crippen molar-refractivity contribution < 1.29 is 17.6 Å². The summed E-state index contributed by atoms with van der Waals surface area (Å²) in [5, 5.41) is 0. The molecule has 0 amide bonds. The summed E-state index contributed by atoms with van der Waals surface area (Å²) < 4.78 is 45.6. The van der Waals surface area contributed by atoms with Crippen LogP contribution < -0.4 is 0 Å². The lowest BCUT2D eigenvalue weighted by molar-refractivity contribution is -0.109. The van der Waals surface area contributed by atoms with Crippen LogP contribution in [0.5, 0.6) is 0 Å². The second-order valence-electron chi connectivity index (χ2n) is 1.81. The van der Waals surface area contributed by atoms with Gasteiger partial charge in [-0.2, -0.15) is 13.2 Å². The SMILES string of the molecule is CC(C)=C(F)C(F)(F)F. The number of hydrogen-bond donors (Lipinski definition) is 0. The Morgan fingerprint density at radius 3 is 1.44 bits per heavy atom. The van der Waals surface area contributed by atoms with Gasteiger partial charge in [-0.15, -0.1) is 0 Å². The number of halogens is 4. The lowest BCUT2D eigenvalue weighted by Gasteiger charge is -2.02. The third kappa shape index (κ3) is 2.49. The summed E-state index contributed by atoms with van der Waals surface area (Å²) in [5.74, 6) is -2.00. The monoisotopic (exact) mass is 142 g/mol. The molecular formula is C5H6F4. The van der Waals surface area contributed by atoms with Crippen LogP contribution in [-0.4, -0.2) is 6.18 Å². The zero-order valence-electron chi connectivity index (χ0n) is 5.01. The first-order chi connectivity index (χ1) is 3.85. The minimum Gasteiger partial charge on any atom is -0.202 e. The number of hydrogen-bond acceptors (Lipinski definition) is 0. The number of allylic oxidation sites excluding steroid dienone is 2. The van der Waals surface area contributed by atoms with Crippen LogP contribution in [0.1, 0.15) is 13.8 Å². The highest BCUT2D eigenvalue weighted by Crippen LogP contribution is 2.28. The molecule has 0 aromatic heterocycles. The molecule has 9 heavy (non-hydrogen) atoms. The van der Waals surface area contributed by atoms with Crippen molar-refractivity contribution in [2.24, 2.45) is 0 Å². The molecule has 0 aliphatic carbocycles. The highest BCUT2D eigenvalue weighted by Gasteiger charge is 2.35. The molecule has 4 heteroatoms. The largest absolute Gasteiger partial charge is 0.442 e. The zero-order valence-corrected chi connectivity index (χ0v) is 5.01. The van der Waals surface area contributed by atoms with Crippen molar-refractivity contribution >= 4 is 0 Å². The van der Waals surface area contributed by atoms with Crippen molar-refractivity contribution in [3.8, 4) is 0 Å². The first-order valence-electron chi connectivity index (χ1n) is 2.26. The van der Waals surface area contributed by atoms with Crippen molar-refractivity contribution in [3.05, 3.63) is 11.4 Å². The van der Waals surface area contributed by atoms with Crippen LogP contribution in [0.4, 0.5) is 17.6 Å². The Morgan fingerprint density at radius 1 is 1.11 bits per heavy atom. The van der Waals surface area contributed by atoms with Gasteiger partial charge in [0.15, 0.2) is 0 Å². The van der Waals surface area contributed by atoms with E-state index in [-0.39, 0.29) is 5.57 Å². The summed E-state index contributed by atoms with van der Waals surface area (Å²) >= 11 is 0. The van der Waals surface area contributed by atoms with Gasteiger partial charge in [0, 0.05) is 0 Å². The summed E-state index contributed by atoms with van der Waals surface area (Å²) in [6.07, 6.45) is -4.81. The zero-order chi connectivity index (χ0) is 7.65. The van der Waals surface area contributed by atoms with Gasteiger partial charge in [-0.25, -0.2) is 4.39 Å². The Bertz CT molecular complexity index is 126. The number of rotatable bonds is 0. The molecule has 0 saturated heterocycles. The van der Waals surface area contributed by atoms with Crippen molar-refractivity contribution in [2.45, 2.75) is 20.0 Å². The van der Waals surface area contributed by atoms with Gasteiger partial charge in [0.05, 0.1) is 0 Å². The summed E-state index contributed by atoms with van der Waals surface area (Å²) in [7, 11) is 0. The van der Waals surface area contributed by atoms with Crippen LogP contribution in [0.15, 0.2) is 11.4 Å². The van der Waals surface area contributed by atoms with E-state index in [1.165, 1.54) is 0 Å².